The van der Waals surface area contributed by atoms with Gasteiger partial charge >= 0.3 is 0 Å². The van der Waals surface area contributed by atoms with E-state index in [1.807, 2.05) is 6.92 Å². The van der Waals surface area contributed by atoms with Gasteiger partial charge in [0, 0.05) is 19.3 Å². The summed E-state index contributed by atoms with van der Waals surface area (Å²) in [6.45, 7) is 2.44. The Bertz CT molecular complexity index is 389. The van der Waals surface area contributed by atoms with Gasteiger partial charge in [-0.15, -0.1) is 0 Å². The number of nitrogens with one attached hydrogen (secondary N) is 1. The van der Waals surface area contributed by atoms with Crippen molar-refractivity contribution in [1.29, 1.82) is 5.41 Å². The molecule has 0 fully saturated rings. The molecule has 1 heterocycles. The fourth-order valence-electron chi connectivity index (χ4n) is 1.68. The van der Waals surface area contributed by atoms with Crippen LogP contribution in [0, 0.1) is 12.3 Å². The van der Waals surface area contributed by atoms with Crippen molar-refractivity contribution in [1.82, 2.24) is 4.98 Å². The van der Waals surface area contributed by atoms with Gasteiger partial charge in [-0.3, -0.25) is 5.41 Å². The highest BCUT2D eigenvalue weighted by Gasteiger charge is 2.15. The number of hydrogen-bond donors (Lipinski definition) is 4. The third-order valence-corrected chi connectivity index (χ3v) is 2.45. The number of hydrogen-bond acceptors (Lipinski definition) is 5. The lowest BCUT2D eigenvalue weighted by atomic mass is 10.1. The molecule has 94 valence electrons. The minimum absolute atomic E-state index is 0.0486. The van der Waals surface area contributed by atoms with Crippen LogP contribution < -0.4 is 10.6 Å². The summed E-state index contributed by atoms with van der Waals surface area (Å²) >= 11 is 0. The van der Waals surface area contributed by atoms with E-state index in [2.05, 4.69) is 4.98 Å². The molecule has 0 aliphatic carbocycles. The lowest BCUT2D eigenvalue weighted by molar-refractivity contribution is 0.280. The molecule has 1 aromatic heterocycles. The SMILES string of the molecule is Cc1ccnc(N(CCO)CCO)c1C(=N)N. The van der Waals surface area contributed by atoms with E-state index >= 15 is 0 Å². The molecule has 0 radical (unpaired) electrons. The van der Waals surface area contributed by atoms with E-state index in [1.165, 1.54) is 0 Å². The Kier molecular flexibility index (Phi) is 4.86. The highest BCUT2D eigenvalue weighted by Crippen LogP contribution is 2.19. The largest absolute Gasteiger partial charge is 0.395 e. The molecule has 17 heavy (non-hydrogen) atoms. The number of anilines is 1. The van der Waals surface area contributed by atoms with Crippen molar-refractivity contribution in [2.75, 3.05) is 31.2 Å². The number of aliphatic hydroxyl groups is 2. The lowest BCUT2D eigenvalue weighted by Gasteiger charge is -2.24. The number of pyridine rings is 1. The third-order valence-electron chi connectivity index (χ3n) is 2.45. The van der Waals surface area contributed by atoms with Crippen LogP contribution in [-0.4, -0.2) is 47.3 Å². The first-order chi connectivity index (χ1) is 8.11. The topological polar surface area (TPSA) is 106 Å². The third kappa shape index (κ3) is 3.15. The molecule has 0 aromatic carbocycles. The molecule has 5 N–H and O–H groups in total. The number of nitrogens with zero attached hydrogens (tertiary/aromatic N) is 2. The average Bonchev–Trinajstić information content (AvgIpc) is 2.28. The van der Waals surface area contributed by atoms with Crippen LogP contribution in [0.25, 0.3) is 0 Å². The predicted octanol–water partition coefficient (Wildman–Crippen LogP) is -0.535. The zero-order chi connectivity index (χ0) is 12.8. The minimum atomic E-state index is -0.0634. The summed E-state index contributed by atoms with van der Waals surface area (Å²) in [5.74, 6) is 0.465. The second kappa shape index (κ2) is 6.17. The first-order valence-corrected chi connectivity index (χ1v) is 5.38. The number of rotatable bonds is 6. The molecule has 1 rings (SSSR count). The van der Waals surface area contributed by atoms with Gasteiger partial charge in [0.05, 0.1) is 18.8 Å². The Hall–Kier alpha value is -1.66. The summed E-state index contributed by atoms with van der Waals surface area (Å²) in [6.07, 6.45) is 1.62. The van der Waals surface area contributed by atoms with Crippen molar-refractivity contribution in [3.63, 3.8) is 0 Å². The standard InChI is InChI=1S/C11H18N4O2/c1-8-2-3-14-11(9(8)10(12)13)15(4-6-16)5-7-17/h2-3,16-17H,4-7H2,1H3,(H3,12,13). The fraction of sp³-hybridized carbons (Fsp3) is 0.455. The van der Waals surface area contributed by atoms with Crippen molar-refractivity contribution < 1.29 is 10.2 Å². The fourth-order valence-corrected chi connectivity index (χ4v) is 1.68. The molecule has 1 aromatic rings. The Labute approximate surface area is 100 Å². The van der Waals surface area contributed by atoms with Crippen molar-refractivity contribution in [3.8, 4) is 0 Å². The molecule has 0 aliphatic rings. The molecule has 0 saturated heterocycles. The predicted molar refractivity (Wildman–Crippen MR) is 66.4 cm³/mol. The van der Waals surface area contributed by atoms with Crippen molar-refractivity contribution in [2.24, 2.45) is 5.73 Å². The van der Waals surface area contributed by atoms with Crippen LogP contribution >= 0.6 is 0 Å². The summed E-state index contributed by atoms with van der Waals surface area (Å²) in [7, 11) is 0. The highest BCUT2D eigenvalue weighted by atomic mass is 16.3. The molecule has 6 heteroatoms. The van der Waals surface area contributed by atoms with Gasteiger partial charge in [-0.2, -0.15) is 0 Å². The maximum Gasteiger partial charge on any atom is 0.139 e. The summed E-state index contributed by atoms with van der Waals surface area (Å²) in [5.41, 5.74) is 6.94. The second-order valence-corrected chi connectivity index (χ2v) is 3.67. The van der Waals surface area contributed by atoms with Gasteiger partial charge in [0.25, 0.3) is 0 Å². The molecule has 0 aliphatic heterocycles. The molecule has 0 unspecified atom stereocenters. The maximum absolute atomic E-state index is 8.99. The van der Waals surface area contributed by atoms with E-state index in [9.17, 15) is 0 Å². The first kappa shape index (κ1) is 13.4. The molecule has 0 amide bonds. The minimum Gasteiger partial charge on any atom is -0.395 e. The number of nitrogens with two attached hydrogens (primary N) is 1. The van der Waals surface area contributed by atoms with Gasteiger partial charge in [0.2, 0.25) is 0 Å². The van der Waals surface area contributed by atoms with Crippen LogP contribution in [0.5, 0.6) is 0 Å². The van der Waals surface area contributed by atoms with Crippen molar-refractivity contribution >= 4 is 11.7 Å². The molecule has 6 nitrogen and oxygen atoms in total. The zero-order valence-corrected chi connectivity index (χ0v) is 9.85. The Balaban J connectivity index is 3.17. The van der Waals surface area contributed by atoms with Crippen LogP contribution in [-0.2, 0) is 0 Å². The van der Waals surface area contributed by atoms with Gasteiger partial charge in [0.1, 0.15) is 11.7 Å². The van der Waals surface area contributed by atoms with E-state index < -0.39 is 0 Å². The van der Waals surface area contributed by atoms with Gasteiger partial charge in [-0.25, -0.2) is 4.98 Å². The highest BCUT2D eigenvalue weighted by molar-refractivity contribution is 6.01. The summed E-state index contributed by atoms with van der Waals surface area (Å²) in [4.78, 5) is 5.89. The second-order valence-electron chi connectivity index (χ2n) is 3.67. The van der Waals surface area contributed by atoms with Crippen LogP contribution in [0.15, 0.2) is 12.3 Å². The molecule has 0 atom stereocenters. The van der Waals surface area contributed by atoms with E-state index in [1.54, 1.807) is 17.2 Å². The first-order valence-electron chi connectivity index (χ1n) is 5.38. The van der Waals surface area contributed by atoms with Gasteiger partial charge < -0.3 is 20.8 Å². The molecule has 0 saturated carbocycles. The molecule has 0 spiro atoms. The van der Waals surface area contributed by atoms with Crippen LogP contribution in [0.3, 0.4) is 0 Å². The maximum atomic E-state index is 8.99. The molecular weight excluding hydrogens is 220 g/mol. The summed E-state index contributed by atoms with van der Waals surface area (Å²) in [5, 5.41) is 25.5. The van der Waals surface area contributed by atoms with Gasteiger partial charge in [-0.05, 0) is 18.6 Å². The summed E-state index contributed by atoms with van der Waals surface area (Å²) < 4.78 is 0. The van der Waals surface area contributed by atoms with Crippen LogP contribution in [0.1, 0.15) is 11.1 Å². The number of aliphatic hydroxyl groups excluding tert-OH is 2. The number of amidine groups is 1. The van der Waals surface area contributed by atoms with Crippen LogP contribution in [0.4, 0.5) is 5.82 Å². The van der Waals surface area contributed by atoms with E-state index in [4.69, 9.17) is 21.4 Å². The summed E-state index contributed by atoms with van der Waals surface area (Å²) in [6, 6.07) is 1.77. The quantitative estimate of drug-likeness (QED) is 0.393. The smallest absolute Gasteiger partial charge is 0.139 e. The van der Waals surface area contributed by atoms with Gasteiger partial charge in [0.15, 0.2) is 0 Å². The lowest BCUT2D eigenvalue weighted by Crippen LogP contribution is -2.33. The number of aromatic nitrogens is 1. The number of nitrogen functional groups attached to an aromatic ring is 1. The monoisotopic (exact) mass is 238 g/mol. The Morgan fingerprint density at radius 1 is 1.41 bits per heavy atom. The zero-order valence-electron chi connectivity index (χ0n) is 9.85. The van der Waals surface area contributed by atoms with Crippen molar-refractivity contribution in [3.05, 3.63) is 23.4 Å². The van der Waals surface area contributed by atoms with E-state index in [0.717, 1.165) is 5.56 Å². The van der Waals surface area contributed by atoms with Gasteiger partial charge in [-0.1, -0.05) is 0 Å². The number of aryl methyl sites for hydroxylation is 1. The molecule has 0 bridgehead atoms. The average molecular weight is 238 g/mol. The van der Waals surface area contributed by atoms with E-state index in [0.29, 0.717) is 24.5 Å². The Morgan fingerprint density at radius 2 is 2.00 bits per heavy atom. The van der Waals surface area contributed by atoms with Crippen LogP contribution in [0.2, 0.25) is 0 Å². The Morgan fingerprint density at radius 3 is 2.47 bits per heavy atom. The molecular formula is C11H18N4O2. The van der Waals surface area contributed by atoms with E-state index in [-0.39, 0.29) is 19.0 Å². The van der Waals surface area contributed by atoms with Crippen molar-refractivity contribution in [2.45, 2.75) is 6.92 Å². The normalized spacial score (nSPS) is 10.3.